The molecule has 0 aromatic heterocycles. The van der Waals surface area contributed by atoms with Gasteiger partial charge < -0.3 is 10.2 Å². The fourth-order valence-electron chi connectivity index (χ4n) is 2.40. The molecule has 5 heteroatoms. The van der Waals surface area contributed by atoms with Crippen LogP contribution in [0.1, 0.15) is 39.0 Å². The minimum atomic E-state index is 0.144. The molecule has 0 fully saturated rings. The Morgan fingerprint density at radius 2 is 2.30 bits per heavy atom. The number of likely N-dealkylation sites (N-methyl/N-ethyl adjacent to an activating group) is 1. The van der Waals surface area contributed by atoms with Crippen molar-refractivity contribution < 1.29 is 9.59 Å². The molecule has 1 unspecified atom stereocenters. The Hall–Kier alpha value is -1.23. The van der Waals surface area contributed by atoms with Crippen molar-refractivity contribution in [2.45, 2.75) is 44.4 Å². The van der Waals surface area contributed by atoms with Crippen molar-refractivity contribution in [1.82, 2.24) is 10.2 Å². The van der Waals surface area contributed by atoms with E-state index in [9.17, 15) is 9.59 Å². The van der Waals surface area contributed by atoms with Crippen LogP contribution in [0, 0.1) is 0 Å². The van der Waals surface area contributed by atoms with Gasteiger partial charge in [-0.3, -0.25) is 9.59 Å². The number of ketones is 1. The zero-order chi connectivity index (χ0) is 14.5. The van der Waals surface area contributed by atoms with Crippen molar-refractivity contribution in [3.8, 4) is 0 Å². The summed E-state index contributed by atoms with van der Waals surface area (Å²) in [6.07, 6.45) is 7.61. The normalized spacial score (nSPS) is 21.4. The summed E-state index contributed by atoms with van der Waals surface area (Å²) in [6, 6.07) is 0. The van der Waals surface area contributed by atoms with Gasteiger partial charge in [0.15, 0.2) is 5.78 Å². The Balaban J connectivity index is 1.75. The summed E-state index contributed by atoms with van der Waals surface area (Å²) in [5.41, 5.74) is 1.16. The van der Waals surface area contributed by atoms with Gasteiger partial charge in [-0.15, -0.1) is 11.8 Å². The summed E-state index contributed by atoms with van der Waals surface area (Å²) in [7, 11) is 2.05. The van der Waals surface area contributed by atoms with Gasteiger partial charge in [0.25, 0.3) is 0 Å². The Morgan fingerprint density at radius 1 is 1.50 bits per heavy atom. The molecule has 20 heavy (non-hydrogen) atoms. The van der Waals surface area contributed by atoms with Gasteiger partial charge in [-0.05, 0) is 25.0 Å². The lowest BCUT2D eigenvalue weighted by molar-refractivity contribution is -0.121. The van der Waals surface area contributed by atoms with Gasteiger partial charge in [0.05, 0.1) is 5.37 Å². The third kappa shape index (κ3) is 3.66. The summed E-state index contributed by atoms with van der Waals surface area (Å²) in [5, 5.41) is 3.29. The second-order valence-corrected chi connectivity index (χ2v) is 6.48. The van der Waals surface area contributed by atoms with Crippen molar-refractivity contribution in [2.24, 2.45) is 0 Å². The van der Waals surface area contributed by atoms with E-state index in [4.69, 9.17) is 0 Å². The first kappa shape index (κ1) is 15.2. The first-order valence-corrected chi connectivity index (χ1v) is 8.10. The molecule has 0 aromatic rings. The second-order valence-electron chi connectivity index (χ2n) is 5.21. The SMILES string of the molecule is CCCCC(=O)NCCC1SC2=C(C=CC(=O)C2)N1C. The Bertz CT molecular complexity index is 457. The van der Waals surface area contributed by atoms with Crippen LogP contribution >= 0.6 is 11.8 Å². The minimum absolute atomic E-state index is 0.144. The van der Waals surface area contributed by atoms with E-state index in [0.717, 1.165) is 25.0 Å². The molecule has 1 aliphatic heterocycles. The van der Waals surface area contributed by atoms with Crippen LogP contribution in [0.5, 0.6) is 0 Å². The van der Waals surface area contributed by atoms with E-state index in [1.165, 1.54) is 4.91 Å². The van der Waals surface area contributed by atoms with Crippen molar-refractivity contribution in [2.75, 3.05) is 13.6 Å². The zero-order valence-corrected chi connectivity index (χ0v) is 13.0. The fourth-order valence-corrected chi connectivity index (χ4v) is 3.79. The molecule has 0 bridgehead atoms. The standard InChI is InChI=1S/C15H22N2O2S/c1-3-4-5-14(19)16-9-8-15-17(2)12-7-6-11(18)10-13(12)20-15/h6-7,15H,3-5,8-10H2,1-2H3,(H,16,19). The maximum absolute atomic E-state index is 11.6. The molecule has 2 aliphatic rings. The van der Waals surface area contributed by atoms with Crippen LogP contribution < -0.4 is 5.32 Å². The Morgan fingerprint density at radius 3 is 3.05 bits per heavy atom. The lowest BCUT2D eigenvalue weighted by Crippen LogP contribution is -2.30. The molecule has 4 nitrogen and oxygen atoms in total. The van der Waals surface area contributed by atoms with Gasteiger partial charge in [0, 0.05) is 37.0 Å². The molecule has 1 heterocycles. The average Bonchev–Trinajstić information content (AvgIpc) is 2.72. The van der Waals surface area contributed by atoms with Gasteiger partial charge in [-0.2, -0.15) is 0 Å². The average molecular weight is 294 g/mol. The summed E-state index contributed by atoms with van der Waals surface area (Å²) in [4.78, 5) is 26.3. The molecule has 0 radical (unpaired) electrons. The van der Waals surface area contributed by atoms with Crippen LogP contribution in [0.15, 0.2) is 22.8 Å². The van der Waals surface area contributed by atoms with E-state index in [0.29, 0.717) is 24.8 Å². The summed E-state index contributed by atoms with van der Waals surface area (Å²) >= 11 is 1.76. The molecular formula is C15H22N2O2S. The van der Waals surface area contributed by atoms with Crippen molar-refractivity contribution in [3.63, 3.8) is 0 Å². The number of carbonyl (C=O) groups excluding carboxylic acids is 2. The molecule has 1 N–H and O–H groups in total. The summed E-state index contributed by atoms with van der Waals surface area (Å²) < 4.78 is 0. The Kier molecular flexibility index (Phi) is 5.29. The molecule has 2 rings (SSSR count). The molecule has 1 atom stereocenters. The molecular weight excluding hydrogens is 272 g/mol. The van der Waals surface area contributed by atoms with Crippen LogP contribution in [0.2, 0.25) is 0 Å². The highest BCUT2D eigenvalue weighted by Crippen LogP contribution is 2.42. The number of nitrogens with zero attached hydrogens (tertiary/aromatic N) is 1. The molecule has 0 saturated carbocycles. The van der Waals surface area contributed by atoms with E-state index < -0.39 is 0 Å². The highest BCUT2D eigenvalue weighted by atomic mass is 32.2. The van der Waals surface area contributed by atoms with E-state index in [2.05, 4.69) is 24.2 Å². The number of carbonyl (C=O) groups is 2. The third-order valence-electron chi connectivity index (χ3n) is 3.61. The number of amides is 1. The van der Waals surface area contributed by atoms with Crippen LogP contribution in [0.3, 0.4) is 0 Å². The van der Waals surface area contributed by atoms with E-state index in [1.54, 1.807) is 17.8 Å². The maximum atomic E-state index is 11.6. The van der Waals surface area contributed by atoms with Gasteiger partial charge in [-0.1, -0.05) is 13.3 Å². The van der Waals surface area contributed by atoms with Crippen molar-refractivity contribution >= 4 is 23.5 Å². The summed E-state index contributed by atoms with van der Waals surface area (Å²) in [6.45, 7) is 2.78. The van der Waals surface area contributed by atoms with Gasteiger partial charge >= 0.3 is 0 Å². The smallest absolute Gasteiger partial charge is 0.219 e. The van der Waals surface area contributed by atoms with E-state index in [1.807, 2.05) is 6.08 Å². The predicted molar refractivity (Wildman–Crippen MR) is 82.1 cm³/mol. The molecule has 0 spiro atoms. The molecule has 110 valence electrons. The van der Waals surface area contributed by atoms with E-state index >= 15 is 0 Å². The first-order valence-electron chi connectivity index (χ1n) is 7.22. The van der Waals surface area contributed by atoms with Crippen LogP contribution in [-0.2, 0) is 9.59 Å². The number of allylic oxidation sites excluding steroid dienone is 3. The lowest BCUT2D eigenvalue weighted by Gasteiger charge is -2.23. The number of unbranched alkanes of at least 4 members (excludes halogenated alkanes) is 1. The lowest BCUT2D eigenvalue weighted by atomic mass is 10.1. The van der Waals surface area contributed by atoms with Crippen LogP contribution in [-0.4, -0.2) is 35.6 Å². The largest absolute Gasteiger partial charge is 0.362 e. The van der Waals surface area contributed by atoms with Gasteiger partial charge in [-0.25, -0.2) is 0 Å². The molecule has 0 aromatic carbocycles. The highest BCUT2D eigenvalue weighted by Gasteiger charge is 2.30. The number of rotatable bonds is 6. The molecule has 0 saturated heterocycles. The van der Waals surface area contributed by atoms with Crippen molar-refractivity contribution in [1.29, 1.82) is 0 Å². The fraction of sp³-hybridized carbons (Fsp3) is 0.600. The predicted octanol–water partition coefficient (Wildman–Crippen LogP) is 2.43. The number of nitrogens with one attached hydrogen (secondary N) is 1. The number of hydrogen-bond acceptors (Lipinski definition) is 4. The highest BCUT2D eigenvalue weighted by molar-refractivity contribution is 8.03. The number of thioether (sulfide) groups is 1. The second kappa shape index (κ2) is 6.97. The van der Waals surface area contributed by atoms with E-state index in [-0.39, 0.29) is 11.7 Å². The number of hydrogen-bond donors (Lipinski definition) is 1. The summed E-state index contributed by atoms with van der Waals surface area (Å²) in [5.74, 6) is 0.323. The zero-order valence-electron chi connectivity index (χ0n) is 12.1. The molecule has 1 amide bonds. The van der Waals surface area contributed by atoms with Crippen LogP contribution in [0.4, 0.5) is 0 Å². The quantitative estimate of drug-likeness (QED) is 0.817. The van der Waals surface area contributed by atoms with Gasteiger partial charge in [0.2, 0.25) is 5.91 Å². The topological polar surface area (TPSA) is 49.4 Å². The van der Waals surface area contributed by atoms with Gasteiger partial charge in [0.1, 0.15) is 0 Å². The Labute approximate surface area is 124 Å². The first-order chi connectivity index (χ1) is 9.61. The monoisotopic (exact) mass is 294 g/mol. The molecule has 1 aliphatic carbocycles. The van der Waals surface area contributed by atoms with Crippen LogP contribution in [0.25, 0.3) is 0 Å². The minimum Gasteiger partial charge on any atom is -0.362 e. The maximum Gasteiger partial charge on any atom is 0.219 e. The third-order valence-corrected chi connectivity index (χ3v) is 5.07. The van der Waals surface area contributed by atoms with Crippen molar-refractivity contribution in [3.05, 3.63) is 22.8 Å².